The van der Waals surface area contributed by atoms with Gasteiger partial charge < -0.3 is 10.2 Å². The standard InChI is InChI=1S/C34H32Cl2F3N3O4S/c1-23(2)40-33(44)31(18-24-10-5-3-6-11-24)41(21-25-16-17-27(35)20-30(25)36)32(43)22-42(47(45,46)29-14-7-4-8-15-29)28-13-9-12-26(19-28)34(37,38)39/h3-17,19-20,23,31H,18,21-22H2,1-2H3,(H,40,44)/t31-/m1/s1. The van der Waals surface area contributed by atoms with Crippen LogP contribution in [0, 0.1) is 0 Å². The van der Waals surface area contributed by atoms with Gasteiger partial charge in [0.05, 0.1) is 16.1 Å². The van der Waals surface area contributed by atoms with Gasteiger partial charge in [0, 0.05) is 29.1 Å². The second kappa shape index (κ2) is 15.2. The minimum Gasteiger partial charge on any atom is -0.352 e. The van der Waals surface area contributed by atoms with Crippen LogP contribution in [0.15, 0.2) is 108 Å². The van der Waals surface area contributed by atoms with Gasteiger partial charge in [-0.2, -0.15) is 13.2 Å². The van der Waals surface area contributed by atoms with Crippen molar-refractivity contribution in [3.8, 4) is 0 Å². The first kappa shape index (κ1) is 35.8. The first-order chi connectivity index (χ1) is 22.2. The summed E-state index contributed by atoms with van der Waals surface area (Å²) in [7, 11) is -4.58. The van der Waals surface area contributed by atoms with Crippen LogP contribution in [0.2, 0.25) is 10.0 Å². The van der Waals surface area contributed by atoms with Gasteiger partial charge in [-0.25, -0.2) is 8.42 Å². The fraction of sp³-hybridized carbons (Fsp3) is 0.235. The fourth-order valence-corrected chi connectivity index (χ4v) is 6.75. The Bertz CT molecular complexity index is 1810. The van der Waals surface area contributed by atoms with Crippen LogP contribution in [0.5, 0.6) is 0 Å². The Hall–Kier alpha value is -4.06. The van der Waals surface area contributed by atoms with Crippen LogP contribution in [0.4, 0.5) is 18.9 Å². The molecule has 0 saturated heterocycles. The molecule has 1 atom stereocenters. The van der Waals surface area contributed by atoms with Gasteiger partial charge in [0.2, 0.25) is 11.8 Å². The van der Waals surface area contributed by atoms with E-state index in [2.05, 4.69) is 5.32 Å². The number of alkyl halides is 3. The normalized spacial score (nSPS) is 12.4. The van der Waals surface area contributed by atoms with E-state index in [-0.39, 0.29) is 34.6 Å². The number of carbonyl (C=O) groups excluding carboxylic acids is 2. The van der Waals surface area contributed by atoms with E-state index in [0.717, 1.165) is 12.1 Å². The van der Waals surface area contributed by atoms with Crippen molar-refractivity contribution in [1.29, 1.82) is 0 Å². The summed E-state index contributed by atoms with van der Waals surface area (Å²) >= 11 is 12.6. The highest BCUT2D eigenvalue weighted by Crippen LogP contribution is 2.34. The third kappa shape index (κ3) is 9.27. The summed E-state index contributed by atoms with van der Waals surface area (Å²) in [6, 6.07) is 22.8. The molecule has 0 aliphatic rings. The van der Waals surface area contributed by atoms with E-state index in [9.17, 15) is 31.2 Å². The Morgan fingerprint density at radius 2 is 1.49 bits per heavy atom. The first-order valence-corrected chi connectivity index (χ1v) is 16.7. The highest BCUT2D eigenvalue weighted by molar-refractivity contribution is 7.92. The number of hydrogen-bond donors (Lipinski definition) is 1. The van der Waals surface area contributed by atoms with Gasteiger partial charge >= 0.3 is 6.18 Å². The number of nitrogens with one attached hydrogen (secondary N) is 1. The molecule has 0 heterocycles. The predicted octanol–water partition coefficient (Wildman–Crippen LogP) is 7.37. The van der Waals surface area contributed by atoms with E-state index in [1.165, 1.54) is 41.3 Å². The smallest absolute Gasteiger partial charge is 0.352 e. The molecule has 7 nitrogen and oxygen atoms in total. The second-order valence-corrected chi connectivity index (χ2v) is 13.7. The van der Waals surface area contributed by atoms with Crippen LogP contribution in [-0.2, 0) is 38.8 Å². The molecule has 0 fully saturated rings. The molecule has 2 amide bonds. The minimum atomic E-state index is -4.78. The Balaban J connectivity index is 1.86. The van der Waals surface area contributed by atoms with Crippen molar-refractivity contribution in [2.45, 2.75) is 50.0 Å². The van der Waals surface area contributed by atoms with Crippen LogP contribution in [0.1, 0.15) is 30.5 Å². The van der Waals surface area contributed by atoms with Crippen LogP contribution in [-0.4, -0.2) is 43.8 Å². The number of halogens is 5. The Labute approximate surface area is 282 Å². The summed E-state index contributed by atoms with van der Waals surface area (Å²) in [6.07, 6.45) is -4.74. The third-order valence-electron chi connectivity index (χ3n) is 7.13. The van der Waals surface area contributed by atoms with Crippen molar-refractivity contribution in [1.82, 2.24) is 10.2 Å². The molecule has 0 aliphatic heterocycles. The van der Waals surface area contributed by atoms with E-state index >= 15 is 0 Å². The zero-order valence-corrected chi connectivity index (χ0v) is 27.7. The SMILES string of the molecule is CC(C)NC(=O)[C@@H](Cc1ccccc1)N(Cc1ccc(Cl)cc1Cl)C(=O)CN(c1cccc(C(F)(F)F)c1)S(=O)(=O)c1ccccc1. The molecular formula is C34H32Cl2F3N3O4S. The highest BCUT2D eigenvalue weighted by atomic mass is 35.5. The molecule has 0 saturated carbocycles. The second-order valence-electron chi connectivity index (χ2n) is 11.0. The third-order valence-corrected chi connectivity index (χ3v) is 9.50. The van der Waals surface area contributed by atoms with Crippen molar-refractivity contribution in [3.05, 3.63) is 130 Å². The first-order valence-electron chi connectivity index (χ1n) is 14.5. The summed E-state index contributed by atoms with van der Waals surface area (Å²) in [6.45, 7) is 2.34. The lowest BCUT2D eigenvalue weighted by atomic mass is 10.0. The maximum absolute atomic E-state index is 14.4. The van der Waals surface area contributed by atoms with Crippen LogP contribution in [0.25, 0.3) is 0 Å². The van der Waals surface area contributed by atoms with Crippen LogP contribution >= 0.6 is 23.2 Å². The van der Waals surface area contributed by atoms with Gasteiger partial charge in [-0.3, -0.25) is 13.9 Å². The van der Waals surface area contributed by atoms with Crippen LogP contribution in [0.3, 0.4) is 0 Å². The molecule has 4 aromatic rings. The molecule has 47 heavy (non-hydrogen) atoms. The molecule has 248 valence electrons. The van der Waals surface area contributed by atoms with E-state index < -0.39 is 46.2 Å². The topological polar surface area (TPSA) is 86.8 Å². The summed E-state index contributed by atoms with van der Waals surface area (Å²) < 4.78 is 69.9. The Kier molecular flexibility index (Phi) is 11.6. The van der Waals surface area contributed by atoms with E-state index in [0.29, 0.717) is 26.5 Å². The predicted molar refractivity (Wildman–Crippen MR) is 177 cm³/mol. The van der Waals surface area contributed by atoms with E-state index in [1.807, 2.05) is 0 Å². The molecule has 0 aromatic heterocycles. The molecule has 0 radical (unpaired) electrons. The number of carbonyl (C=O) groups is 2. The van der Waals surface area contributed by atoms with Crippen molar-refractivity contribution in [3.63, 3.8) is 0 Å². The zero-order valence-electron chi connectivity index (χ0n) is 25.4. The lowest BCUT2D eigenvalue weighted by molar-refractivity contribution is -0.140. The quantitative estimate of drug-likeness (QED) is 0.167. The Morgan fingerprint density at radius 3 is 2.09 bits per heavy atom. The lowest BCUT2D eigenvalue weighted by Gasteiger charge is -2.34. The largest absolute Gasteiger partial charge is 0.416 e. The molecule has 0 aliphatic carbocycles. The molecule has 0 bridgehead atoms. The highest BCUT2D eigenvalue weighted by Gasteiger charge is 2.36. The molecule has 1 N–H and O–H groups in total. The summed E-state index contributed by atoms with van der Waals surface area (Å²) in [5.41, 5.74) is -0.356. The lowest BCUT2D eigenvalue weighted by Crippen LogP contribution is -2.54. The van der Waals surface area contributed by atoms with Gasteiger partial charge in [0.15, 0.2) is 0 Å². The number of nitrogens with zero attached hydrogens (tertiary/aromatic N) is 2. The molecule has 13 heteroatoms. The maximum Gasteiger partial charge on any atom is 0.416 e. The number of benzene rings is 4. The van der Waals surface area contributed by atoms with E-state index in [4.69, 9.17) is 23.2 Å². The maximum atomic E-state index is 14.4. The van der Waals surface area contributed by atoms with Gasteiger partial charge in [-0.05, 0) is 67.4 Å². The van der Waals surface area contributed by atoms with Gasteiger partial charge in [0.25, 0.3) is 10.0 Å². The van der Waals surface area contributed by atoms with E-state index in [1.54, 1.807) is 62.4 Å². The number of rotatable bonds is 12. The van der Waals surface area contributed by atoms with Crippen molar-refractivity contribution >= 4 is 50.7 Å². The monoisotopic (exact) mass is 705 g/mol. The van der Waals surface area contributed by atoms with Crippen LogP contribution < -0.4 is 9.62 Å². The Morgan fingerprint density at radius 1 is 0.851 bits per heavy atom. The number of anilines is 1. The summed E-state index contributed by atoms with van der Waals surface area (Å²) in [5.74, 6) is -1.37. The van der Waals surface area contributed by atoms with Crippen molar-refractivity contribution in [2.75, 3.05) is 10.8 Å². The zero-order chi connectivity index (χ0) is 34.4. The molecule has 4 rings (SSSR count). The average molecular weight is 707 g/mol. The fourth-order valence-electron chi connectivity index (χ4n) is 4.85. The average Bonchev–Trinajstić information content (AvgIpc) is 3.02. The van der Waals surface area contributed by atoms with Crippen molar-refractivity contribution in [2.24, 2.45) is 0 Å². The molecule has 0 spiro atoms. The number of amides is 2. The van der Waals surface area contributed by atoms with Crippen molar-refractivity contribution < 1.29 is 31.2 Å². The van der Waals surface area contributed by atoms with Gasteiger partial charge in [-0.1, -0.05) is 83.9 Å². The number of sulfonamides is 1. The van der Waals surface area contributed by atoms with Gasteiger partial charge in [-0.15, -0.1) is 0 Å². The molecular weight excluding hydrogens is 674 g/mol. The summed E-state index contributed by atoms with van der Waals surface area (Å²) in [4.78, 5) is 29.1. The number of hydrogen-bond acceptors (Lipinski definition) is 4. The molecule has 0 unspecified atom stereocenters. The van der Waals surface area contributed by atoms with Gasteiger partial charge in [0.1, 0.15) is 12.6 Å². The minimum absolute atomic E-state index is 0.0470. The molecule has 4 aromatic carbocycles. The summed E-state index contributed by atoms with van der Waals surface area (Å²) in [5, 5.41) is 3.36.